The Bertz CT molecular complexity index is 981. The summed E-state index contributed by atoms with van der Waals surface area (Å²) in [5, 5.41) is 3.00. The predicted molar refractivity (Wildman–Crippen MR) is 108 cm³/mol. The van der Waals surface area contributed by atoms with Crippen molar-refractivity contribution in [1.82, 2.24) is 15.1 Å². The van der Waals surface area contributed by atoms with Crippen molar-refractivity contribution in [1.29, 1.82) is 0 Å². The van der Waals surface area contributed by atoms with Crippen LogP contribution in [0, 0.1) is 0 Å². The Morgan fingerprint density at radius 2 is 2.00 bits per heavy atom. The van der Waals surface area contributed by atoms with Crippen LogP contribution in [0.25, 0.3) is 0 Å². The molecule has 0 fully saturated rings. The molecule has 1 aromatic carbocycles. The number of nitrogens with zero attached hydrogens (tertiary/aromatic N) is 3. The van der Waals surface area contributed by atoms with Crippen LogP contribution < -0.4 is 5.32 Å². The summed E-state index contributed by atoms with van der Waals surface area (Å²) in [6.07, 6.45) is 5.90. The molecule has 0 saturated carbocycles. The van der Waals surface area contributed by atoms with Gasteiger partial charge < -0.3 is 10.2 Å². The molecule has 28 heavy (non-hydrogen) atoms. The standard InChI is InChI=1S/C20H24N4O3S/c1-15(23-9-8-16-4-2-3-5-17(16)13-23)12-21-20(25)18-6-7-19-22-28(26,27)11-10-24(19)14-18/h2-7,14-15H,8-13H2,1H3,(H,21,25). The number of hydrogen-bond acceptors (Lipinski definition) is 5. The first kappa shape index (κ1) is 18.9. The van der Waals surface area contributed by atoms with E-state index in [2.05, 4.69) is 45.8 Å². The fourth-order valence-electron chi connectivity index (χ4n) is 3.70. The zero-order chi connectivity index (χ0) is 19.7. The molecule has 148 valence electrons. The molecular weight excluding hydrogens is 376 g/mol. The van der Waals surface area contributed by atoms with Crippen molar-refractivity contribution in [2.75, 3.05) is 25.4 Å². The van der Waals surface area contributed by atoms with Crippen LogP contribution in [-0.4, -0.2) is 61.4 Å². The quantitative estimate of drug-likeness (QED) is 0.817. The van der Waals surface area contributed by atoms with Crippen LogP contribution in [0.4, 0.5) is 0 Å². The molecule has 4 rings (SSSR count). The molecule has 3 aliphatic rings. The molecule has 0 spiro atoms. The van der Waals surface area contributed by atoms with Crippen molar-refractivity contribution in [2.45, 2.75) is 25.9 Å². The van der Waals surface area contributed by atoms with E-state index >= 15 is 0 Å². The number of amidine groups is 1. The van der Waals surface area contributed by atoms with E-state index in [1.165, 1.54) is 11.1 Å². The van der Waals surface area contributed by atoms with Crippen molar-refractivity contribution in [3.8, 4) is 0 Å². The van der Waals surface area contributed by atoms with Crippen LogP contribution in [0.3, 0.4) is 0 Å². The van der Waals surface area contributed by atoms with Gasteiger partial charge in [0.1, 0.15) is 5.84 Å². The van der Waals surface area contributed by atoms with Gasteiger partial charge in [0.2, 0.25) is 0 Å². The maximum atomic E-state index is 12.6. The summed E-state index contributed by atoms with van der Waals surface area (Å²) in [5.41, 5.74) is 3.28. The van der Waals surface area contributed by atoms with Gasteiger partial charge in [-0.05, 0) is 36.6 Å². The third-order valence-corrected chi connectivity index (χ3v) is 6.59. The highest BCUT2D eigenvalue weighted by atomic mass is 32.2. The molecule has 1 aromatic rings. The number of nitrogens with one attached hydrogen (secondary N) is 1. The lowest BCUT2D eigenvalue weighted by molar-refractivity contribution is -0.117. The predicted octanol–water partition coefficient (Wildman–Crippen LogP) is 1.05. The van der Waals surface area contributed by atoms with Gasteiger partial charge in [-0.3, -0.25) is 9.69 Å². The van der Waals surface area contributed by atoms with Crippen molar-refractivity contribution in [3.63, 3.8) is 0 Å². The molecule has 1 amide bonds. The Kier molecular flexibility index (Phi) is 5.07. The largest absolute Gasteiger partial charge is 0.350 e. The molecule has 1 atom stereocenters. The number of rotatable bonds is 4. The van der Waals surface area contributed by atoms with E-state index in [1.807, 2.05) is 0 Å². The lowest BCUT2D eigenvalue weighted by Crippen LogP contribution is -2.45. The van der Waals surface area contributed by atoms with Gasteiger partial charge in [-0.25, -0.2) is 8.42 Å². The van der Waals surface area contributed by atoms with Gasteiger partial charge in [0, 0.05) is 38.4 Å². The number of benzene rings is 1. The average Bonchev–Trinajstić information content (AvgIpc) is 2.70. The van der Waals surface area contributed by atoms with E-state index in [-0.39, 0.29) is 17.7 Å². The molecule has 1 N–H and O–H groups in total. The summed E-state index contributed by atoms with van der Waals surface area (Å²) >= 11 is 0. The second-order valence-corrected chi connectivity index (χ2v) is 9.15. The van der Waals surface area contributed by atoms with Crippen LogP contribution in [0.15, 0.2) is 52.6 Å². The molecule has 0 saturated heterocycles. The topological polar surface area (TPSA) is 82.1 Å². The van der Waals surface area contributed by atoms with Crippen molar-refractivity contribution < 1.29 is 13.2 Å². The van der Waals surface area contributed by atoms with Gasteiger partial charge in [0.25, 0.3) is 15.9 Å². The third kappa shape index (κ3) is 4.02. The maximum Gasteiger partial charge on any atom is 0.256 e. The maximum absolute atomic E-state index is 12.6. The molecular formula is C20H24N4O3S. The van der Waals surface area contributed by atoms with E-state index in [1.54, 1.807) is 23.3 Å². The van der Waals surface area contributed by atoms with Crippen LogP contribution in [0.2, 0.25) is 0 Å². The highest BCUT2D eigenvalue weighted by molar-refractivity contribution is 7.90. The molecule has 0 aliphatic carbocycles. The van der Waals surface area contributed by atoms with Crippen molar-refractivity contribution >= 4 is 21.8 Å². The Morgan fingerprint density at radius 3 is 2.82 bits per heavy atom. The number of carbonyl (C=O) groups excluding carboxylic acids is 1. The van der Waals surface area contributed by atoms with Gasteiger partial charge in [0.15, 0.2) is 0 Å². The third-order valence-electron chi connectivity index (χ3n) is 5.43. The van der Waals surface area contributed by atoms with Gasteiger partial charge in [-0.15, -0.1) is 4.40 Å². The normalized spacial score (nSPS) is 21.8. The SMILES string of the molecule is CC(CNC(=O)C1=CN2CCS(=O)(=O)N=C2C=C1)N1CCc2ccccc2C1. The monoisotopic (exact) mass is 400 g/mol. The summed E-state index contributed by atoms with van der Waals surface area (Å²) in [5.74, 6) is 0.166. The molecule has 1 unspecified atom stereocenters. The van der Waals surface area contributed by atoms with Gasteiger partial charge in [-0.1, -0.05) is 24.3 Å². The van der Waals surface area contributed by atoms with Crippen molar-refractivity contribution in [3.05, 3.63) is 59.3 Å². The number of hydrogen-bond donors (Lipinski definition) is 1. The number of sulfonamides is 1. The highest BCUT2D eigenvalue weighted by Crippen LogP contribution is 2.20. The number of amides is 1. The van der Waals surface area contributed by atoms with E-state index in [0.29, 0.717) is 24.5 Å². The van der Waals surface area contributed by atoms with E-state index in [0.717, 1.165) is 19.5 Å². The Balaban J connectivity index is 1.34. The zero-order valence-electron chi connectivity index (χ0n) is 15.8. The minimum atomic E-state index is -3.39. The summed E-state index contributed by atoms with van der Waals surface area (Å²) in [7, 11) is -3.39. The lowest BCUT2D eigenvalue weighted by Gasteiger charge is -2.34. The fourth-order valence-corrected chi connectivity index (χ4v) is 4.67. The lowest BCUT2D eigenvalue weighted by atomic mass is 9.99. The van der Waals surface area contributed by atoms with Crippen LogP contribution in [0.5, 0.6) is 0 Å². The number of carbonyl (C=O) groups is 1. The van der Waals surface area contributed by atoms with E-state index in [4.69, 9.17) is 0 Å². The summed E-state index contributed by atoms with van der Waals surface area (Å²) in [4.78, 5) is 16.6. The van der Waals surface area contributed by atoms with Crippen LogP contribution in [-0.2, 0) is 27.8 Å². The summed E-state index contributed by atoms with van der Waals surface area (Å²) < 4.78 is 26.9. The van der Waals surface area contributed by atoms with E-state index < -0.39 is 10.0 Å². The minimum Gasteiger partial charge on any atom is -0.350 e. The summed E-state index contributed by atoms with van der Waals surface area (Å²) in [6, 6.07) is 8.73. The fraction of sp³-hybridized carbons (Fsp3) is 0.400. The Hall–Kier alpha value is -2.45. The molecule has 3 aliphatic heterocycles. The van der Waals surface area contributed by atoms with Crippen molar-refractivity contribution in [2.24, 2.45) is 4.40 Å². The first-order chi connectivity index (χ1) is 13.4. The second kappa shape index (κ2) is 7.52. The zero-order valence-corrected chi connectivity index (χ0v) is 16.7. The van der Waals surface area contributed by atoms with E-state index in [9.17, 15) is 13.2 Å². The summed E-state index contributed by atoms with van der Waals surface area (Å²) in [6.45, 7) is 4.88. The first-order valence-corrected chi connectivity index (χ1v) is 11.1. The molecule has 7 nitrogen and oxygen atoms in total. The molecule has 3 heterocycles. The van der Waals surface area contributed by atoms with Crippen LogP contribution in [0.1, 0.15) is 18.1 Å². The molecule has 0 radical (unpaired) electrons. The molecule has 0 bridgehead atoms. The average molecular weight is 401 g/mol. The molecule has 8 heteroatoms. The first-order valence-electron chi connectivity index (χ1n) is 9.49. The van der Waals surface area contributed by atoms with Gasteiger partial charge >= 0.3 is 0 Å². The Morgan fingerprint density at radius 1 is 1.21 bits per heavy atom. The van der Waals surface area contributed by atoms with Gasteiger partial charge in [-0.2, -0.15) is 0 Å². The number of fused-ring (bicyclic) bond motifs is 2. The van der Waals surface area contributed by atoms with Gasteiger partial charge in [0.05, 0.1) is 11.3 Å². The smallest absolute Gasteiger partial charge is 0.256 e. The van der Waals surface area contributed by atoms with Crippen LogP contribution >= 0.6 is 0 Å². The second-order valence-electron chi connectivity index (χ2n) is 7.39. The minimum absolute atomic E-state index is 0.0385. The molecule has 0 aromatic heterocycles. The highest BCUT2D eigenvalue weighted by Gasteiger charge is 2.25. The Labute approximate surface area is 165 Å².